The average Bonchev–Trinajstić information content (AvgIpc) is 3.24. The van der Waals surface area contributed by atoms with Gasteiger partial charge < -0.3 is 23.5 Å². The molecule has 4 aromatic rings. The van der Waals surface area contributed by atoms with Crippen molar-refractivity contribution in [3.63, 3.8) is 0 Å². The van der Waals surface area contributed by atoms with E-state index in [1.54, 1.807) is 37.8 Å². The summed E-state index contributed by atoms with van der Waals surface area (Å²) in [5.74, 6) is 1.22. The SMILES string of the molecule is COc1ccc(C(=O)N2CCOC[C@@H](Cc3ccc4ccoc4c3)C2)cc1OCc1ccccn1. The van der Waals surface area contributed by atoms with Crippen molar-refractivity contribution in [3.05, 3.63) is 89.9 Å². The molecule has 0 unspecified atom stereocenters. The molecule has 2 aromatic heterocycles. The fraction of sp³-hybridized carbons (Fsp3) is 0.286. The Bertz CT molecular complexity index is 1290. The van der Waals surface area contributed by atoms with E-state index in [9.17, 15) is 4.79 Å². The van der Waals surface area contributed by atoms with Crippen LogP contribution in [0.25, 0.3) is 11.0 Å². The van der Waals surface area contributed by atoms with Gasteiger partial charge in [0.25, 0.3) is 5.91 Å². The van der Waals surface area contributed by atoms with Gasteiger partial charge in [0.15, 0.2) is 11.5 Å². The molecule has 1 fully saturated rings. The number of carbonyl (C=O) groups excluding carboxylic acids is 1. The first kappa shape index (κ1) is 22.9. The molecule has 3 heterocycles. The van der Waals surface area contributed by atoms with Crippen molar-refractivity contribution in [1.29, 1.82) is 0 Å². The van der Waals surface area contributed by atoms with E-state index >= 15 is 0 Å². The van der Waals surface area contributed by atoms with Crippen LogP contribution in [0.15, 0.2) is 77.5 Å². The lowest BCUT2D eigenvalue weighted by Crippen LogP contribution is -2.36. The van der Waals surface area contributed by atoms with Crippen LogP contribution < -0.4 is 9.47 Å². The van der Waals surface area contributed by atoms with Crippen molar-refractivity contribution in [2.75, 3.05) is 33.4 Å². The van der Waals surface area contributed by atoms with Crippen LogP contribution in [0.3, 0.4) is 0 Å². The van der Waals surface area contributed by atoms with Gasteiger partial charge in [-0.15, -0.1) is 0 Å². The largest absolute Gasteiger partial charge is 0.493 e. The van der Waals surface area contributed by atoms with Gasteiger partial charge in [0, 0.05) is 36.2 Å². The Morgan fingerprint density at radius 3 is 2.91 bits per heavy atom. The van der Waals surface area contributed by atoms with Crippen molar-refractivity contribution >= 4 is 16.9 Å². The molecule has 1 amide bonds. The van der Waals surface area contributed by atoms with Gasteiger partial charge in [0.2, 0.25) is 0 Å². The number of methoxy groups -OCH3 is 1. The number of carbonyl (C=O) groups is 1. The monoisotopic (exact) mass is 472 g/mol. The Morgan fingerprint density at radius 1 is 1.11 bits per heavy atom. The topological polar surface area (TPSA) is 74.0 Å². The van der Waals surface area contributed by atoms with Crippen LogP contribution >= 0.6 is 0 Å². The second kappa shape index (κ2) is 10.6. The molecule has 180 valence electrons. The first-order valence-electron chi connectivity index (χ1n) is 11.7. The molecule has 0 spiro atoms. The molecular formula is C28H28N2O5. The number of ether oxygens (including phenoxy) is 3. The molecule has 1 atom stereocenters. The minimum atomic E-state index is -0.0488. The Balaban J connectivity index is 1.29. The summed E-state index contributed by atoms with van der Waals surface area (Å²) >= 11 is 0. The maximum Gasteiger partial charge on any atom is 0.254 e. The number of furan rings is 1. The van der Waals surface area contributed by atoms with Crippen LogP contribution in [0.4, 0.5) is 0 Å². The van der Waals surface area contributed by atoms with Crippen LogP contribution in [0.5, 0.6) is 11.5 Å². The molecule has 7 heteroatoms. The maximum atomic E-state index is 13.5. The number of aromatic nitrogens is 1. The molecule has 1 aliphatic rings. The first-order valence-corrected chi connectivity index (χ1v) is 11.7. The third kappa shape index (κ3) is 5.46. The van der Waals surface area contributed by atoms with Gasteiger partial charge in [-0.05, 0) is 54.4 Å². The molecular weight excluding hydrogens is 444 g/mol. The summed E-state index contributed by atoms with van der Waals surface area (Å²) in [4.78, 5) is 19.6. The summed E-state index contributed by atoms with van der Waals surface area (Å²) in [6.45, 7) is 2.57. The summed E-state index contributed by atoms with van der Waals surface area (Å²) in [5, 5.41) is 1.09. The van der Waals surface area contributed by atoms with Crippen molar-refractivity contribution < 1.29 is 23.4 Å². The summed E-state index contributed by atoms with van der Waals surface area (Å²) < 4.78 is 22.8. The van der Waals surface area contributed by atoms with Gasteiger partial charge in [-0.2, -0.15) is 0 Å². The molecule has 0 radical (unpaired) electrons. The minimum absolute atomic E-state index is 0.0488. The lowest BCUT2D eigenvalue weighted by atomic mass is 9.98. The van der Waals surface area contributed by atoms with Gasteiger partial charge in [-0.1, -0.05) is 18.2 Å². The van der Waals surface area contributed by atoms with Crippen molar-refractivity contribution in [2.45, 2.75) is 13.0 Å². The highest BCUT2D eigenvalue weighted by molar-refractivity contribution is 5.95. The molecule has 5 rings (SSSR count). The first-order chi connectivity index (χ1) is 17.2. The number of benzene rings is 2. The third-order valence-corrected chi connectivity index (χ3v) is 6.18. The fourth-order valence-corrected chi connectivity index (χ4v) is 4.39. The standard InChI is InChI=1S/C28H28N2O5/c1-32-25-8-7-23(16-27(25)35-19-24-4-2-3-10-29-24)28(31)30-11-13-33-18-21(17-30)14-20-5-6-22-9-12-34-26(22)15-20/h2-10,12,15-16,21H,11,13-14,17-19H2,1H3/t21-/m0/s1. The van der Waals surface area contributed by atoms with Crippen molar-refractivity contribution in [1.82, 2.24) is 9.88 Å². The fourth-order valence-electron chi connectivity index (χ4n) is 4.39. The second-order valence-corrected chi connectivity index (χ2v) is 8.66. The smallest absolute Gasteiger partial charge is 0.254 e. The van der Waals surface area contributed by atoms with Crippen molar-refractivity contribution in [2.24, 2.45) is 5.92 Å². The van der Waals surface area contributed by atoms with Crippen LogP contribution in [-0.2, 0) is 17.8 Å². The molecule has 0 saturated carbocycles. The highest BCUT2D eigenvalue weighted by Crippen LogP contribution is 2.30. The van der Waals surface area contributed by atoms with E-state index in [2.05, 4.69) is 23.2 Å². The quantitative estimate of drug-likeness (QED) is 0.387. The van der Waals surface area contributed by atoms with E-state index in [0.717, 1.165) is 23.1 Å². The van der Waals surface area contributed by atoms with E-state index in [4.69, 9.17) is 18.6 Å². The Morgan fingerprint density at radius 2 is 2.06 bits per heavy atom. The number of hydrogen-bond acceptors (Lipinski definition) is 6. The lowest BCUT2D eigenvalue weighted by molar-refractivity contribution is 0.0736. The molecule has 35 heavy (non-hydrogen) atoms. The molecule has 0 bridgehead atoms. The van der Waals surface area contributed by atoms with Gasteiger partial charge in [0.05, 0.1) is 32.3 Å². The van der Waals surface area contributed by atoms with E-state index in [1.807, 2.05) is 29.2 Å². The summed E-state index contributed by atoms with van der Waals surface area (Å²) in [5.41, 5.74) is 3.40. The van der Waals surface area contributed by atoms with Gasteiger partial charge >= 0.3 is 0 Å². The zero-order valence-corrected chi connectivity index (χ0v) is 19.7. The Hall–Kier alpha value is -3.84. The van der Waals surface area contributed by atoms with E-state index in [-0.39, 0.29) is 18.4 Å². The molecule has 1 saturated heterocycles. The van der Waals surface area contributed by atoms with Gasteiger partial charge in [-0.25, -0.2) is 0 Å². The number of nitrogens with zero attached hydrogens (tertiary/aromatic N) is 2. The zero-order chi connectivity index (χ0) is 24.0. The number of amides is 1. The number of hydrogen-bond donors (Lipinski definition) is 0. The highest BCUT2D eigenvalue weighted by atomic mass is 16.5. The van der Waals surface area contributed by atoms with E-state index in [0.29, 0.717) is 43.4 Å². The summed E-state index contributed by atoms with van der Waals surface area (Å²) in [6.07, 6.45) is 4.23. The minimum Gasteiger partial charge on any atom is -0.493 e. The average molecular weight is 473 g/mol. The summed E-state index contributed by atoms with van der Waals surface area (Å²) in [7, 11) is 1.58. The van der Waals surface area contributed by atoms with Crippen molar-refractivity contribution in [3.8, 4) is 11.5 Å². The molecule has 7 nitrogen and oxygen atoms in total. The summed E-state index contributed by atoms with van der Waals surface area (Å²) in [6, 6.07) is 19.2. The molecule has 1 aliphatic heterocycles. The predicted octanol–water partition coefficient (Wildman–Crippen LogP) is 4.75. The highest BCUT2D eigenvalue weighted by Gasteiger charge is 2.25. The third-order valence-electron chi connectivity index (χ3n) is 6.18. The second-order valence-electron chi connectivity index (χ2n) is 8.66. The predicted molar refractivity (Wildman–Crippen MR) is 132 cm³/mol. The Labute approximate surface area is 204 Å². The number of rotatable bonds is 7. The zero-order valence-electron chi connectivity index (χ0n) is 19.7. The van der Waals surface area contributed by atoms with Crippen LogP contribution in [0, 0.1) is 5.92 Å². The van der Waals surface area contributed by atoms with Crippen LogP contribution in [0.1, 0.15) is 21.6 Å². The van der Waals surface area contributed by atoms with Crippen LogP contribution in [0.2, 0.25) is 0 Å². The van der Waals surface area contributed by atoms with E-state index in [1.165, 1.54) is 5.56 Å². The molecule has 0 N–H and O–H groups in total. The van der Waals surface area contributed by atoms with E-state index < -0.39 is 0 Å². The Kier molecular flexibility index (Phi) is 6.95. The molecule has 2 aromatic carbocycles. The van der Waals surface area contributed by atoms with Gasteiger partial charge in [0.1, 0.15) is 12.2 Å². The maximum absolute atomic E-state index is 13.5. The van der Waals surface area contributed by atoms with Gasteiger partial charge in [-0.3, -0.25) is 9.78 Å². The normalized spacial score (nSPS) is 16.1. The number of fused-ring (bicyclic) bond motifs is 1. The van der Waals surface area contributed by atoms with Crippen LogP contribution in [-0.4, -0.2) is 49.2 Å². The molecule has 0 aliphatic carbocycles. The lowest BCUT2D eigenvalue weighted by Gasteiger charge is -2.24. The number of pyridine rings is 1.